The van der Waals surface area contributed by atoms with Crippen LogP contribution in [-0.4, -0.2) is 23.3 Å². The second kappa shape index (κ2) is 15.7. The van der Waals surface area contributed by atoms with Crippen LogP contribution in [-0.2, 0) is 11.3 Å². The van der Waals surface area contributed by atoms with Gasteiger partial charge in [0.25, 0.3) is 5.91 Å². The number of nitrogens with zero attached hydrogens (tertiary/aromatic N) is 1. The molecular formula is C30H29ClF2N4O2S. The van der Waals surface area contributed by atoms with Gasteiger partial charge in [0.15, 0.2) is 0 Å². The highest BCUT2D eigenvalue weighted by Crippen LogP contribution is 2.27. The molecule has 3 aromatic carbocycles. The summed E-state index contributed by atoms with van der Waals surface area (Å²) in [4.78, 5) is 26.5. The van der Waals surface area contributed by atoms with Gasteiger partial charge in [-0.1, -0.05) is 41.9 Å². The van der Waals surface area contributed by atoms with E-state index in [0.29, 0.717) is 23.7 Å². The van der Waals surface area contributed by atoms with E-state index >= 15 is 0 Å². The molecule has 10 heteroatoms. The molecule has 4 aromatic rings. The summed E-state index contributed by atoms with van der Waals surface area (Å²) in [6.07, 6.45) is 4.18. The Hall–Kier alpha value is -3.79. The molecule has 1 aliphatic rings. The fraction of sp³-hybridized carbons (Fsp3) is 0.167. The van der Waals surface area contributed by atoms with Crippen LogP contribution >= 0.6 is 23.5 Å². The topological polar surface area (TPSA) is 97.1 Å². The van der Waals surface area contributed by atoms with E-state index in [2.05, 4.69) is 20.8 Å². The maximum absolute atomic E-state index is 12.4. The predicted molar refractivity (Wildman–Crippen MR) is 156 cm³/mol. The standard InChI is InChI=1S/C22H20ClN3OS.C7H6F2.CH3NO/c23-19-8-1-2-9-21(19)28-25-14-20-18(7-4-12-24-20)15-5-3-6-16(13-15)22(27)26-17-10-11-17;1-5-2-6(8)4-7(9)3-5;2-1-3/h1-9,12-13,17,25H,10-11,14H2,(H,26,27);2-4H,1H3;1H,(H2,2,3). The second-order valence-electron chi connectivity index (χ2n) is 8.76. The van der Waals surface area contributed by atoms with E-state index < -0.39 is 11.6 Å². The van der Waals surface area contributed by atoms with Crippen LogP contribution in [0, 0.1) is 18.6 Å². The Balaban J connectivity index is 0.000000307. The highest BCUT2D eigenvalue weighted by Gasteiger charge is 2.24. The monoisotopic (exact) mass is 582 g/mol. The summed E-state index contributed by atoms with van der Waals surface area (Å²) >= 11 is 7.69. The van der Waals surface area contributed by atoms with Gasteiger partial charge >= 0.3 is 0 Å². The third-order valence-corrected chi connectivity index (χ3v) is 6.81. The molecule has 0 radical (unpaired) electrons. The summed E-state index contributed by atoms with van der Waals surface area (Å²) in [5.74, 6) is -1.05. The van der Waals surface area contributed by atoms with E-state index in [-0.39, 0.29) is 12.3 Å². The molecule has 6 nitrogen and oxygen atoms in total. The van der Waals surface area contributed by atoms with Gasteiger partial charge in [-0.25, -0.2) is 8.78 Å². The number of carbonyl (C=O) groups is 2. The smallest absolute Gasteiger partial charge is 0.251 e. The molecule has 2 amide bonds. The number of amides is 2. The molecule has 208 valence electrons. The van der Waals surface area contributed by atoms with Gasteiger partial charge in [-0.2, -0.15) is 0 Å². The highest BCUT2D eigenvalue weighted by molar-refractivity contribution is 7.97. The van der Waals surface area contributed by atoms with E-state index in [0.717, 1.165) is 45.6 Å². The van der Waals surface area contributed by atoms with Crippen molar-refractivity contribution in [3.8, 4) is 11.1 Å². The molecule has 0 unspecified atom stereocenters. The number of nitrogens with two attached hydrogens (primary N) is 1. The summed E-state index contributed by atoms with van der Waals surface area (Å²) in [5, 5.41) is 3.76. The first-order valence-corrected chi connectivity index (χ1v) is 13.6. The molecule has 1 heterocycles. The largest absolute Gasteiger partial charge is 0.372 e. The van der Waals surface area contributed by atoms with Gasteiger partial charge < -0.3 is 11.1 Å². The van der Waals surface area contributed by atoms with Crippen molar-refractivity contribution in [1.29, 1.82) is 0 Å². The van der Waals surface area contributed by atoms with Crippen LogP contribution in [0.4, 0.5) is 8.78 Å². The van der Waals surface area contributed by atoms with Crippen LogP contribution in [0.5, 0.6) is 0 Å². The maximum Gasteiger partial charge on any atom is 0.251 e. The summed E-state index contributed by atoms with van der Waals surface area (Å²) in [5.41, 5.74) is 8.36. The van der Waals surface area contributed by atoms with Crippen LogP contribution in [0.3, 0.4) is 0 Å². The molecule has 40 heavy (non-hydrogen) atoms. The van der Waals surface area contributed by atoms with Crippen LogP contribution in [0.25, 0.3) is 11.1 Å². The van der Waals surface area contributed by atoms with E-state index in [1.54, 1.807) is 13.1 Å². The van der Waals surface area contributed by atoms with Crippen molar-refractivity contribution in [2.75, 3.05) is 0 Å². The SMILES string of the molecule is Cc1cc(F)cc(F)c1.NC=O.O=C(NC1CC1)c1cccc(-c2cccnc2CNSc2ccccc2Cl)c1. The van der Waals surface area contributed by atoms with Crippen molar-refractivity contribution in [3.05, 3.63) is 119 Å². The third kappa shape index (κ3) is 10.1. The lowest BCUT2D eigenvalue weighted by Gasteiger charge is -2.11. The first-order chi connectivity index (χ1) is 19.3. The second-order valence-corrected chi connectivity index (χ2v) is 10.1. The number of aromatic nitrogens is 1. The van der Waals surface area contributed by atoms with Crippen molar-refractivity contribution in [1.82, 2.24) is 15.0 Å². The Morgan fingerprint density at radius 1 is 1.05 bits per heavy atom. The minimum atomic E-state index is -0.521. The predicted octanol–water partition coefficient (Wildman–Crippen LogP) is 6.47. The van der Waals surface area contributed by atoms with Gasteiger partial charge in [0.05, 0.1) is 10.7 Å². The molecule has 1 fully saturated rings. The van der Waals surface area contributed by atoms with E-state index in [1.807, 2.05) is 60.7 Å². The van der Waals surface area contributed by atoms with Crippen LogP contribution in [0.15, 0.2) is 90.0 Å². The summed E-state index contributed by atoms with van der Waals surface area (Å²) in [7, 11) is 0. The normalized spacial score (nSPS) is 11.8. The molecule has 1 saturated carbocycles. The van der Waals surface area contributed by atoms with E-state index in [9.17, 15) is 13.6 Å². The average molecular weight is 583 g/mol. The fourth-order valence-electron chi connectivity index (χ4n) is 3.57. The fourth-order valence-corrected chi connectivity index (χ4v) is 4.50. The number of pyridine rings is 1. The quantitative estimate of drug-likeness (QED) is 0.171. The molecule has 4 N–H and O–H groups in total. The number of aryl methyl sites for hydroxylation is 1. The molecular weight excluding hydrogens is 554 g/mol. The van der Waals surface area contributed by atoms with Gasteiger partial charge in [0, 0.05) is 40.9 Å². The number of hydrogen-bond acceptors (Lipinski definition) is 5. The minimum Gasteiger partial charge on any atom is -0.372 e. The van der Waals surface area contributed by atoms with Crippen molar-refractivity contribution in [2.45, 2.75) is 37.2 Å². The average Bonchev–Trinajstić information content (AvgIpc) is 3.74. The van der Waals surface area contributed by atoms with Gasteiger partial charge in [-0.05, 0) is 85.3 Å². The third-order valence-electron chi connectivity index (χ3n) is 5.50. The summed E-state index contributed by atoms with van der Waals surface area (Å²) in [6, 6.07) is 23.1. The molecule has 0 atom stereocenters. The van der Waals surface area contributed by atoms with Crippen molar-refractivity contribution in [2.24, 2.45) is 5.73 Å². The number of halogens is 3. The van der Waals surface area contributed by atoms with Crippen LogP contribution in [0.1, 0.15) is 34.5 Å². The molecule has 1 aliphatic carbocycles. The summed E-state index contributed by atoms with van der Waals surface area (Å²) < 4.78 is 27.7. The van der Waals surface area contributed by atoms with Crippen molar-refractivity contribution in [3.63, 3.8) is 0 Å². The Morgan fingerprint density at radius 3 is 2.40 bits per heavy atom. The molecule has 0 aliphatic heterocycles. The van der Waals surface area contributed by atoms with Crippen molar-refractivity contribution < 1.29 is 18.4 Å². The maximum atomic E-state index is 12.4. The lowest BCUT2D eigenvalue weighted by molar-refractivity contribution is -0.106. The number of nitrogens with one attached hydrogen (secondary N) is 2. The number of hydrogen-bond donors (Lipinski definition) is 3. The lowest BCUT2D eigenvalue weighted by Crippen LogP contribution is -2.25. The van der Waals surface area contributed by atoms with Crippen molar-refractivity contribution >= 4 is 35.9 Å². The first kappa shape index (κ1) is 30.7. The van der Waals surface area contributed by atoms with Gasteiger partial charge in [0.2, 0.25) is 6.41 Å². The molecule has 5 rings (SSSR count). The zero-order valence-corrected chi connectivity index (χ0v) is 23.3. The van der Waals surface area contributed by atoms with Gasteiger partial charge in [0.1, 0.15) is 11.6 Å². The zero-order chi connectivity index (χ0) is 28.9. The molecule has 0 saturated heterocycles. The van der Waals surface area contributed by atoms with E-state index in [1.165, 1.54) is 24.1 Å². The Kier molecular flexibility index (Phi) is 12.1. The number of rotatable bonds is 7. The minimum absolute atomic E-state index is 0.0119. The highest BCUT2D eigenvalue weighted by atomic mass is 35.5. The zero-order valence-electron chi connectivity index (χ0n) is 21.7. The number of primary amides is 1. The Bertz CT molecular complexity index is 1390. The molecule has 0 spiro atoms. The van der Waals surface area contributed by atoms with Crippen LogP contribution in [0.2, 0.25) is 5.02 Å². The van der Waals surface area contributed by atoms with E-state index in [4.69, 9.17) is 16.4 Å². The summed E-state index contributed by atoms with van der Waals surface area (Å²) in [6.45, 7) is 2.22. The van der Waals surface area contributed by atoms with Crippen LogP contribution < -0.4 is 15.8 Å². The first-order valence-electron chi connectivity index (χ1n) is 12.4. The van der Waals surface area contributed by atoms with Gasteiger partial charge in [-0.15, -0.1) is 0 Å². The lowest BCUT2D eigenvalue weighted by atomic mass is 10.0. The molecule has 0 bridgehead atoms. The Morgan fingerprint density at radius 2 is 1.75 bits per heavy atom. The van der Waals surface area contributed by atoms with Gasteiger partial charge in [-0.3, -0.25) is 19.3 Å². The molecule has 1 aromatic heterocycles. The number of carbonyl (C=O) groups excluding carboxylic acids is 2. The number of benzene rings is 3. The Labute approximate surface area is 241 Å².